The minimum absolute atomic E-state index is 0.0174. The lowest BCUT2D eigenvalue weighted by Gasteiger charge is -2.22. The van der Waals surface area contributed by atoms with E-state index in [4.69, 9.17) is 5.73 Å². The molecule has 0 bridgehead atoms. The molecule has 0 spiro atoms. The van der Waals surface area contributed by atoms with Crippen LogP contribution in [-0.4, -0.2) is 46.9 Å². The van der Waals surface area contributed by atoms with Gasteiger partial charge in [-0.15, -0.1) is 5.10 Å². The first-order valence-corrected chi connectivity index (χ1v) is 7.89. The molecule has 1 saturated heterocycles. The summed E-state index contributed by atoms with van der Waals surface area (Å²) >= 11 is 0. The first-order chi connectivity index (χ1) is 8.98. The largest absolute Gasteiger partial charge is 0.351 e. The summed E-state index contributed by atoms with van der Waals surface area (Å²) in [5.41, 5.74) is 5.99. The maximum absolute atomic E-state index is 11.8. The molecule has 8 nitrogen and oxygen atoms in total. The smallest absolute Gasteiger partial charge is 0.242 e. The molecule has 1 fully saturated rings. The topological polar surface area (TPSA) is 120 Å². The van der Waals surface area contributed by atoms with Crippen LogP contribution in [-0.2, 0) is 27.7 Å². The minimum Gasteiger partial charge on any atom is -0.351 e. The van der Waals surface area contributed by atoms with E-state index in [1.165, 1.54) is 4.68 Å². The summed E-state index contributed by atoms with van der Waals surface area (Å²) in [5, 5.41) is 10.2. The van der Waals surface area contributed by atoms with Crippen LogP contribution in [0.1, 0.15) is 18.5 Å². The molecule has 1 aromatic rings. The molecule has 1 aliphatic rings. The van der Waals surface area contributed by atoms with E-state index in [0.29, 0.717) is 18.5 Å². The van der Waals surface area contributed by atoms with Gasteiger partial charge in [-0.25, -0.2) is 13.1 Å². The number of amides is 1. The van der Waals surface area contributed by atoms with Crippen LogP contribution in [0.2, 0.25) is 0 Å². The monoisotopic (exact) mass is 287 g/mol. The van der Waals surface area contributed by atoms with E-state index in [1.807, 2.05) is 0 Å². The Bertz CT molecular complexity index is 553. The summed E-state index contributed by atoms with van der Waals surface area (Å²) in [7, 11) is -3.02. The number of hydrogen-bond acceptors (Lipinski definition) is 6. The van der Waals surface area contributed by atoms with Gasteiger partial charge in [0.25, 0.3) is 0 Å². The van der Waals surface area contributed by atoms with Crippen molar-refractivity contribution in [3.8, 4) is 0 Å². The second-order valence-electron chi connectivity index (χ2n) is 4.63. The Morgan fingerprint density at radius 2 is 2.37 bits per heavy atom. The number of nitrogens with one attached hydrogen (secondary N) is 1. The van der Waals surface area contributed by atoms with Crippen molar-refractivity contribution >= 4 is 15.7 Å². The fourth-order valence-corrected chi connectivity index (χ4v) is 3.70. The lowest BCUT2D eigenvalue weighted by Crippen LogP contribution is -2.44. The third kappa shape index (κ3) is 4.00. The SMILES string of the molecule is NCc1cn(CC(=O)NC2CCCS(=O)(=O)C2)nn1. The number of nitrogens with zero attached hydrogens (tertiary/aromatic N) is 3. The molecule has 2 rings (SSSR count). The summed E-state index contributed by atoms with van der Waals surface area (Å²) in [6.45, 7) is 0.284. The van der Waals surface area contributed by atoms with Crippen molar-refractivity contribution in [2.45, 2.75) is 32.0 Å². The molecule has 106 valence electrons. The van der Waals surface area contributed by atoms with Crippen molar-refractivity contribution in [3.63, 3.8) is 0 Å². The molecule has 0 aromatic carbocycles. The molecule has 1 unspecified atom stereocenters. The van der Waals surface area contributed by atoms with Crippen LogP contribution in [0.4, 0.5) is 0 Å². The summed E-state index contributed by atoms with van der Waals surface area (Å²) in [4.78, 5) is 11.8. The van der Waals surface area contributed by atoms with Gasteiger partial charge in [0.1, 0.15) is 6.54 Å². The van der Waals surface area contributed by atoms with Gasteiger partial charge in [-0.3, -0.25) is 4.79 Å². The lowest BCUT2D eigenvalue weighted by molar-refractivity contribution is -0.122. The van der Waals surface area contributed by atoms with Crippen molar-refractivity contribution in [2.75, 3.05) is 11.5 Å². The number of hydrogen-bond donors (Lipinski definition) is 2. The van der Waals surface area contributed by atoms with Gasteiger partial charge in [-0.1, -0.05) is 5.21 Å². The summed E-state index contributed by atoms with van der Waals surface area (Å²) in [6, 6.07) is -0.302. The highest BCUT2D eigenvalue weighted by Gasteiger charge is 2.25. The summed E-state index contributed by atoms with van der Waals surface area (Å²) < 4.78 is 24.3. The lowest BCUT2D eigenvalue weighted by atomic mass is 10.2. The highest BCUT2D eigenvalue weighted by molar-refractivity contribution is 7.91. The Morgan fingerprint density at radius 1 is 1.58 bits per heavy atom. The molecule has 1 atom stereocenters. The average molecular weight is 287 g/mol. The number of carbonyl (C=O) groups is 1. The van der Waals surface area contributed by atoms with E-state index in [-0.39, 0.29) is 36.5 Å². The zero-order chi connectivity index (χ0) is 13.9. The number of sulfone groups is 1. The van der Waals surface area contributed by atoms with Gasteiger partial charge in [0.15, 0.2) is 9.84 Å². The van der Waals surface area contributed by atoms with Gasteiger partial charge >= 0.3 is 0 Å². The quantitative estimate of drug-likeness (QED) is 0.690. The van der Waals surface area contributed by atoms with Gasteiger partial charge < -0.3 is 11.1 Å². The van der Waals surface area contributed by atoms with Gasteiger partial charge in [-0.05, 0) is 12.8 Å². The summed E-state index contributed by atoms with van der Waals surface area (Å²) in [5.74, 6) is -0.0394. The highest BCUT2D eigenvalue weighted by atomic mass is 32.2. The molecule has 0 aliphatic carbocycles. The Balaban J connectivity index is 1.87. The van der Waals surface area contributed by atoms with E-state index < -0.39 is 9.84 Å². The third-order valence-corrected chi connectivity index (χ3v) is 4.75. The Labute approximate surface area is 111 Å². The maximum atomic E-state index is 11.8. The molecular formula is C10H17N5O3S. The van der Waals surface area contributed by atoms with E-state index in [0.717, 1.165) is 0 Å². The van der Waals surface area contributed by atoms with Crippen molar-refractivity contribution < 1.29 is 13.2 Å². The molecule has 1 aliphatic heterocycles. The predicted molar refractivity (Wildman–Crippen MR) is 67.7 cm³/mol. The van der Waals surface area contributed by atoms with E-state index in [1.54, 1.807) is 6.20 Å². The van der Waals surface area contributed by atoms with E-state index >= 15 is 0 Å². The number of nitrogens with two attached hydrogens (primary N) is 1. The molecule has 0 radical (unpaired) electrons. The molecule has 19 heavy (non-hydrogen) atoms. The first kappa shape index (κ1) is 13.9. The first-order valence-electron chi connectivity index (χ1n) is 6.07. The standard InChI is InChI=1S/C10H17N5O3S/c11-4-9-5-15(14-13-9)6-10(16)12-8-2-1-3-19(17,18)7-8/h5,8H,1-4,6-7,11H2,(H,12,16). The van der Waals surface area contributed by atoms with Gasteiger partial charge in [0.2, 0.25) is 5.91 Å². The molecular weight excluding hydrogens is 270 g/mol. The second-order valence-corrected chi connectivity index (χ2v) is 6.86. The zero-order valence-electron chi connectivity index (χ0n) is 10.4. The highest BCUT2D eigenvalue weighted by Crippen LogP contribution is 2.11. The zero-order valence-corrected chi connectivity index (χ0v) is 11.3. The summed E-state index contributed by atoms with van der Waals surface area (Å²) in [6.07, 6.45) is 2.88. The molecule has 0 saturated carbocycles. The predicted octanol–water partition coefficient (Wildman–Crippen LogP) is -1.57. The van der Waals surface area contributed by atoms with Crippen LogP contribution in [0.15, 0.2) is 6.20 Å². The third-order valence-electron chi connectivity index (χ3n) is 2.93. The minimum atomic E-state index is -3.02. The van der Waals surface area contributed by atoms with Gasteiger partial charge in [-0.2, -0.15) is 0 Å². The van der Waals surface area contributed by atoms with Crippen molar-refractivity contribution in [2.24, 2.45) is 5.73 Å². The van der Waals surface area contributed by atoms with Gasteiger partial charge in [0.05, 0.1) is 23.4 Å². The fourth-order valence-electron chi connectivity index (χ4n) is 2.07. The molecule has 2 heterocycles. The van der Waals surface area contributed by atoms with Crippen LogP contribution >= 0.6 is 0 Å². The van der Waals surface area contributed by atoms with Crippen LogP contribution in [0.5, 0.6) is 0 Å². The average Bonchev–Trinajstić information content (AvgIpc) is 2.75. The van der Waals surface area contributed by atoms with E-state index in [9.17, 15) is 13.2 Å². The second kappa shape index (κ2) is 5.66. The molecule has 1 aromatic heterocycles. The molecule has 1 amide bonds. The molecule has 3 N–H and O–H groups in total. The van der Waals surface area contributed by atoms with Crippen LogP contribution in [0.3, 0.4) is 0 Å². The van der Waals surface area contributed by atoms with Crippen molar-refractivity contribution in [1.82, 2.24) is 20.3 Å². The van der Waals surface area contributed by atoms with E-state index in [2.05, 4.69) is 15.6 Å². The maximum Gasteiger partial charge on any atom is 0.242 e. The van der Waals surface area contributed by atoms with Crippen LogP contribution in [0.25, 0.3) is 0 Å². The van der Waals surface area contributed by atoms with Crippen LogP contribution in [0, 0.1) is 0 Å². The van der Waals surface area contributed by atoms with Crippen molar-refractivity contribution in [3.05, 3.63) is 11.9 Å². The Hall–Kier alpha value is -1.48. The molecule has 9 heteroatoms. The van der Waals surface area contributed by atoms with Crippen molar-refractivity contribution in [1.29, 1.82) is 0 Å². The number of carbonyl (C=O) groups excluding carboxylic acids is 1. The normalized spacial score (nSPS) is 22.1. The van der Waals surface area contributed by atoms with Gasteiger partial charge in [0, 0.05) is 12.6 Å². The number of aromatic nitrogens is 3. The Morgan fingerprint density at radius 3 is 3.00 bits per heavy atom. The Kier molecular flexibility index (Phi) is 4.15. The fraction of sp³-hybridized carbons (Fsp3) is 0.700. The van der Waals surface area contributed by atoms with Crippen LogP contribution < -0.4 is 11.1 Å². The number of rotatable bonds is 4.